The summed E-state index contributed by atoms with van der Waals surface area (Å²) in [4.78, 5) is 31.7. The monoisotopic (exact) mass is 546 g/mol. The number of rotatable bonds is 0. The Morgan fingerprint density at radius 3 is 1.92 bits per heavy atom. The highest BCUT2D eigenvalue weighted by Crippen LogP contribution is 2.31. The largest absolute Gasteiger partial charge is 0.375 e. The van der Waals surface area contributed by atoms with Gasteiger partial charge in [0.2, 0.25) is 0 Å². The van der Waals surface area contributed by atoms with E-state index in [1.165, 1.54) is 10.6 Å². The second-order valence-corrected chi connectivity index (χ2v) is 10.5. The highest BCUT2D eigenvalue weighted by Gasteiger charge is 2.07. The van der Waals surface area contributed by atoms with E-state index in [2.05, 4.69) is 40.2 Å². The van der Waals surface area contributed by atoms with Crippen molar-refractivity contribution in [1.29, 1.82) is 0 Å². The van der Waals surface area contributed by atoms with E-state index in [1.54, 1.807) is 81.6 Å². The van der Waals surface area contributed by atoms with Gasteiger partial charge in [-0.15, -0.1) is 45.8 Å². The summed E-state index contributed by atoms with van der Waals surface area (Å²) in [6, 6.07) is 11.6. The number of thiazole rings is 3. The normalized spacial score (nSPS) is 11.3. The van der Waals surface area contributed by atoms with Crippen LogP contribution in [0.5, 0.6) is 0 Å². The third kappa shape index (κ3) is 6.34. The molecule has 0 saturated heterocycles. The van der Waals surface area contributed by atoms with Gasteiger partial charge in [-0.2, -0.15) is 0 Å². The Morgan fingerprint density at radius 1 is 0.611 bits per heavy atom. The fraction of sp³-hybridized carbons (Fsp3) is 0.0417. The highest BCUT2D eigenvalue weighted by molar-refractivity contribution is 7.99. The molecule has 8 rings (SSSR count). The van der Waals surface area contributed by atoms with Crippen LogP contribution in [0.3, 0.4) is 0 Å². The molecule has 0 unspecified atom stereocenters. The van der Waals surface area contributed by atoms with Crippen LogP contribution in [0.15, 0.2) is 95.0 Å². The molecule has 0 atom stereocenters. The number of anilines is 1. The van der Waals surface area contributed by atoms with E-state index in [4.69, 9.17) is 0 Å². The zero-order valence-electron chi connectivity index (χ0n) is 18.6. The highest BCUT2D eigenvalue weighted by atomic mass is 32.2. The fourth-order valence-electron chi connectivity index (χ4n) is 2.95. The molecule has 1 N–H and O–H groups in total. The van der Waals surface area contributed by atoms with E-state index in [0.29, 0.717) is 0 Å². The number of aromatic nitrogens is 7. The number of pyridine rings is 4. The molecule has 36 heavy (non-hydrogen) atoms. The van der Waals surface area contributed by atoms with Crippen molar-refractivity contribution in [2.24, 2.45) is 0 Å². The van der Waals surface area contributed by atoms with Crippen LogP contribution in [0, 0.1) is 0 Å². The lowest BCUT2D eigenvalue weighted by Crippen LogP contribution is -1.87. The predicted octanol–water partition coefficient (Wildman–Crippen LogP) is 6.63. The minimum atomic E-state index is 0.987. The molecule has 0 bridgehead atoms. The molecule has 0 radical (unpaired) electrons. The quantitative estimate of drug-likeness (QED) is 0.224. The van der Waals surface area contributed by atoms with Crippen molar-refractivity contribution >= 4 is 82.4 Å². The molecule has 0 aliphatic carbocycles. The molecule has 0 spiro atoms. The van der Waals surface area contributed by atoms with Gasteiger partial charge in [0, 0.05) is 37.2 Å². The van der Waals surface area contributed by atoms with Crippen molar-refractivity contribution in [3.8, 4) is 0 Å². The Bertz CT molecular complexity index is 1390. The number of nitrogens with one attached hydrogen (secondary N) is 1. The van der Waals surface area contributed by atoms with E-state index in [9.17, 15) is 0 Å². The van der Waals surface area contributed by atoms with Gasteiger partial charge in [0.15, 0.2) is 0 Å². The zero-order valence-corrected chi connectivity index (χ0v) is 21.9. The van der Waals surface area contributed by atoms with Gasteiger partial charge < -0.3 is 5.32 Å². The maximum atomic E-state index is 4.10. The minimum absolute atomic E-state index is 0.987. The van der Waals surface area contributed by atoms with E-state index >= 15 is 0 Å². The van der Waals surface area contributed by atoms with Crippen molar-refractivity contribution in [2.75, 3.05) is 11.2 Å². The summed E-state index contributed by atoms with van der Waals surface area (Å²) in [5.41, 5.74) is 9.66. The van der Waals surface area contributed by atoms with Crippen LogP contribution in [0.4, 0.5) is 5.69 Å². The molecular weight excluding hydrogens is 529 g/mol. The minimum Gasteiger partial charge on any atom is -0.375 e. The average Bonchev–Trinajstić information content (AvgIpc) is 3.76. The smallest absolute Gasteiger partial charge is 0.143 e. The number of hydrogen-bond donors (Lipinski definition) is 1. The van der Waals surface area contributed by atoms with Crippen LogP contribution in [0.2, 0.25) is 0 Å². The van der Waals surface area contributed by atoms with Crippen LogP contribution in [-0.4, -0.2) is 40.8 Å². The molecule has 12 heteroatoms. The summed E-state index contributed by atoms with van der Waals surface area (Å²) in [5.74, 6) is 0.987. The maximum absolute atomic E-state index is 4.10. The second kappa shape index (κ2) is 12.4. The van der Waals surface area contributed by atoms with Gasteiger partial charge in [-0.1, -0.05) is 0 Å². The van der Waals surface area contributed by atoms with Gasteiger partial charge in [0.25, 0.3) is 0 Å². The first-order valence-electron chi connectivity index (χ1n) is 10.6. The summed E-state index contributed by atoms with van der Waals surface area (Å²) in [5, 5.41) is 3.22. The first kappa shape index (κ1) is 24.1. The fourth-order valence-corrected chi connectivity index (χ4v) is 5.67. The number of fused-ring (bicyclic) bond motifs is 4. The van der Waals surface area contributed by atoms with Crippen LogP contribution < -0.4 is 5.32 Å². The SMILES string of the molecule is c1cc2c(cn1)SCN2.c1cc2ncsc2cn1.c1cnc2scnc2c1.c1cnc2scnc2c1. The van der Waals surface area contributed by atoms with E-state index in [0.717, 1.165) is 36.8 Å². The van der Waals surface area contributed by atoms with Crippen LogP contribution in [0.1, 0.15) is 0 Å². The van der Waals surface area contributed by atoms with Crippen molar-refractivity contribution in [3.63, 3.8) is 0 Å². The van der Waals surface area contributed by atoms with Gasteiger partial charge in [-0.3, -0.25) is 9.97 Å². The van der Waals surface area contributed by atoms with E-state index in [1.807, 2.05) is 54.3 Å². The number of hydrogen-bond acceptors (Lipinski definition) is 12. The Balaban J connectivity index is 0.0000000988. The zero-order chi connectivity index (χ0) is 24.4. The standard InChI is InChI=1S/C6H6N2S.3C6H4N2S/c2*1-2-7-3-6-5(1)8-4-9-6;2*1-2-5-6(7-3-1)9-4-8-5/h1-3,8H,4H2;3*1-4H. The van der Waals surface area contributed by atoms with Gasteiger partial charge in [-0.25, -0.2) is 24.9 Å². The molecule has 0 fully saturated rings. The molecule has 178 valence electrons. The molecular formula is C24H18N8S4. The van der Waals surface area contributed by atoms with Gasteiger partial charge in [0.1, 0.15) is 9.66 Å². The molecule has 1 aliphatic heterocycles. The van der Waals surface area contributed by atoms with Gasteiger partial charge >= 0.3 is 0 Å². The Hall–Kier alpha value is -3.58. The lowest BCUT2D eigenvalue weighted by molar-refractivity contribution is 1.25. The first-order valence-corrected chi connectivity index (χ1v) is 14.2. The van der Waals surface area contributed by atoms with E-state index < -0.39 is 0 Å². The topological polar surface area (TPSA) is 102 Å². The van der Waals surface area contributed by atoms with Crippen LogP contribution in [0.25, 0.3) is 30.9 Å². The third-order valence-electron chi connectivity index (χ3n) is 4.62. The molecule has 0 saturated carbocycles. The van der Waals surface area contributed by atoms with Crippen LogP contribution in [-0.2, 0) is 0 Å². The summed E-state index contributed by atoms with van der Waals surface area (Å²) in [6.45, 7) is 0. The van der Waals surface area contributed by atoms with Gasteiger partial charge in [0.05, 0.1) is 54.2 Å². The Kier molecular flexibility index (Phi) is 8.31. The maximum Gasteiger partial charge on any atom is 0.143 e. The van der Waals surface area contributed by atoms with Crippen molar-refractivity contribution in [3.05, 3.63) is 90.1 Å². The summed E-state index contributed by atoms with van der Waals surface area (Å²) in [7, 11) is 0. The predicted molar refractivity (Wildman–Crippen MR) is 151 cm³/mol. The molecule has 0 aromatic carbocycles. The number of nitrogens with zero attached hydrogens (tertiary/aromatic N) is 7. The second-order valence-electron chi connectivity index (χ2n) is 6.89. The molecule has 7 aromatic heterocycles. The van der Waals surface area contributed by atoms with Crippen LogP contribution >= 0.6 is 45.8 Å². The lowest BCUT2D eigenvalue weighted by atomic mass is 10.4. The molecule has 1 aliphatic rings. The summed E-state index contributed by atoms with van der Waals surface area (Å²) < 4.78 is 1.15. The van der Waals surface area contributed by atoms with Crippen molar-refractivity contribution in [1.82, 2.24) is 34.9 Å². The molecule has 7 aromatic rings. The average molecular weight is 547 g/mol. The number of thioether (sulfide) groups is 1. The third-order valence-corrected chi connectivity index (χ3v) is 7.82. The summed E-state index contributed by atoms with van der Waals surface area (Å²) >= 11 is 6.54. The Morgan fingerprint density at radius 2 is 1.25 bits per heavy atom. The first-order chi connectivity index (χ1) is 17.9. The molecule has 8 nitrogen and oxygen atoms in total. The Labute approximate surface area is 222 Å². The van der Waals surface area contributed by atoms with E-state index in [-0.39, 0.29) is 0 Å². The lowest BCUT2D eigenvalue weighted by Gasteiger charge is -1.92. The van der Waals surface area contributed by atoms with Crippen molar-refractivity contribution < 1.29 is 0 Å². The van der Waals surface area contributed by atoms with Gasteiger partial charge in [-0.05, 0) is 36.4 Å². The molecule has 0 amide bonds. The summed E-state index contributed by atoms with van der Waals surface area (Å²) in [6.07, 6.45) is 10.8. The van der Waals surface area contributed by atoms with Crippen molar-refractivity contribution in [2.45, 2.75) is 4.90 Å². The molecule has 8 heterocycles.